The van der Waals surface area contributed by atoms with E-state index < -0.39 is 11.2 Å². The number of ether oxygens (including phenoxy) is 2. The molecule has 13 nitrogen and oxygen atoms in total. The molecule has 1 N–H and O–H groups in total. The normalized spacial score (nSPS) is 16.7. The maximum Gasteiger partial charge on any atom is 0.329 e. The lowest BCUT2D eigenvalue weighted by atomic mass is 10.0. The smallest absolute Gasteiger partial charge is 0.329 e. The number of nitrogens with zero attached hydrogens (tertiary/aromatic N) is 7. The number of nitrogens with one attached hydrogen (secondary N) is 1. The SMILES string of the molecule is COCC(=O)N1CCC(n2c(=O)[nH]c(=O)c3cnc4ccc(-c5cnc(N6CCOCC6)nc5)nc4c32)CC1. The van der Waals surface area contributed by atoms with Crippen LogP contribution in [0.3, 0.4) is 0 Å². The van der Waals surface area contributed by atoms with E-state index in [-0.39, 0.29) is 23.9 Å². The van der Waals surface area contributed by atoms with E-state index in [1.54, 1.807) is 21.9 Å². The molecule has 1 amide bonds. The molecule has 4 aromatic heterocycles. The van der Waals surface area contributed by atoms with Gasteiger partial charge in [0.1, 0.15) is 12.1 Å². The zero-order chi connectivity index (χ0) is 26.9. The Hall–Kier alpha value is -4.23. The number of hydrogen-bond acceptors (Lipinski definition) is 10. The van der Waals surface area contributed by atoms with Gasteiger partial charge in [-0.15, -0.1) is 0 Å². The lowest BCUT2D eigenvalue weighted by molar-refractivity contribution is -0.136. The van der Waals surface area contributed by atoms with Gasteiger partial charge in [0.15, 0.2) is 0 Å². The molecule has 0 aromatic carbocycles. The highest BCUT2D eigenvalue weighted by Gasteiger charge is 2.27. The molecule has 4 aromatic rings. The van der Waals surface area contributed by atoms with Crippen molar-refractivity contribution in [3.05, 3.63) is 51.6 Å². The Balaban J connectivity index is 1.40. The Morgan fingerprint density at radius 1 is 1.05 bits per heavy atom. The predicted molar refractivity (Wildman–Crippen MR) is 143 cm³/mol. The minimum Gasteiger partial charge on any atom is -0.378 e. The minimum atomic E-state index is -0.515. The highest BCUT2D eigenvalue weighted by atomic mass is 16.5. The van der Waals surface area contributed by atoms with E-state index in [0.717, 1.165) is 13.1 Å². The number of H-pyrrole nitrogens is 1. The average molecular weight is 533 g/mol. The fourth-order valence-corrected chi connectivity index (χ4v) is 5.27. The number of pyridine rings is 2. The quantitative estimate of drug-likeness (QED) is 0.365. The van der Waals surface area contributed by atoms with Crippen molar-refractivity contribution < 1.29 is 14.3 Å². The molecular formula is C26H28N8O5. The standard InChI is InChI=1S/C26H28N8O5/c1-38-15-21(35)32-6-4-17(5-7-32)34-23-18(24(36)31-26(34)37)14-27-20-3-2-19(30-22(20)23)16-12-28-25(29-13-16)33-8-10-39-11-9-33/h2-3,12-14,17H,4-11,15H2,1H3,(H,31,36,37). The first-order chi connectivity index (χ1) is 19.0. The zero-order valence-corrected chi connectivity index (χ0v) is 21.5. The Kier molecular flexibility index (Phi) is 6.75. The van der Waals surface area contributed by atoms with Gasteiger partial charge in [-0.1, -0.05) is 0 Å². The van der Waals surface area contributed by atoms with Gasteiger partial charge in [-0.2, -0.15) is 0 Å². The molecule has 0 unspecified atom stereocenters. The van der Waals surface area contributed by atoms with Crippen molar-refractivity contribution in [3.8, 4) is 11.3 Å². The van der Waals surface area contributed by atoms with Gasteiger partial charge in [-0.3, -0.25) is 24.1 Å². The molecule has 6 heterocycles. The van der Waals surface area contributed by atoms with E-state index in [1.807, 2.05) is 12.1 Å². The van der Waals surface area contributed by atoms with Crippen LogP contribution in [0, 0.1) is 0 Å². The largest absolute Gasteiger partial charge is 0.378 e. The Morgan fingerprint density at radius 2 is 1.79 bits per heavy atom. The first-order valence-corrected chi connectivity index (χ1v) is 12.9. The predicted octanol–water partition coefficient (Wildman–Crippen LogP) is 0.737. The monoisotopic (exact) mass is 532 g/mol. The average Bonchev–Trinajstić information content (AvgIpc) is 2.98. The van der Waals surface area contributed by atoms with E-state index in [9.17, 15) is 14.4 Å². The van der Waals surface area contributed by atoms with Crippen molar-refractivity contribution in [1.82, 2.24) is 34.4 Å². The van der Waals surface area contributed by atoms with Gasteiger partial charge < -0.3 is 19.3 Å². The van der Waals surface area contributed by atoms with Crippen LogP contribution >= 0.6 is 0 Å². The number of fused-ring (bicyclic) bond motifs is 3. The number of morpholine rings is 1. The van der Waals surface area contributed by atoms with Gasteiger partial charge in [0, 0.05) is 63.5 Å². The highest BCUT2D eigenvalue weighted by Crippen LogP contribution is 2.29. The summed E-state index contributed by atoms with van der Waals surface area (Å²) in [6.45, 7) is 3.73. The zero-order valence-electron chi connectivity index (χ0n) is 21.5. The van der Waals surface area contributed by atoms with E-state index in [0.29, 0.717) is 72.9 Å². The fraction of sp³-hybridized carbons (Fsp3) is 0.423. The maximum absolute atomic E-state index is 13.2. The van der Waals surface area contributed by atoms with Crippen LogP contribution in [0.5, 0.6) is 0 Å². The molecule has 6 rings (SSSR count). The summed E-state index contributed by atoms with van der Waals surface area (Å²) in [5.74, 6) is 0.545. The van der Waals surface area contributed by atoms with Crippen molar-refractivity contribution in [1.29, 1.82) is 0 Å². The van der Waals surface area contributed by atoms with Crippen molar-refractivity contribution in [3.63, 3.8) is 0 Å². The molecule has 2 saturated heterocycles. The van der Waals surface area contributed by atoms with Crippen LogP contribution in [-0.4, -0.2) is 93.4 Å². The molecule has 13 heteroatoms. The molecule has 39 heavy (non-hydrogen) atoms. The van der Waals surface area contributed by atoms with Crippen LogP contribution in [-0.2, 0) is 14.3 Å². The third-order valence-corrected chi connectivity index (χ3v) is 7.29. The summed E-state index contributed by atoms with van der Waals surface area (Å²) in [7, 11) is 1.49. The Labute approximate surface area is 222 Å². The Morgan fingerprint density at radius 3 is 2.51 bits per heavy atom. The number of aromatic nitrogens is 6. The van der Waals surface area contributed by atoms with Gasteiger partial charge in [0.2, 0.25) is 11.9 Å². The summed E-state index contributed by atoms with van der Waals surface area (Å²) in [6, 6.07) is 3.41. The number of carbonyl (C=O) groups is 1. The van der Waals surface area contributed by atoms with Crippen molar-refractivity contribution in [2.45, 2.75) is 18.9 Å². The number of rotatable bonds is 5. The van der Waals surface area contributed by atoms with Crippen molar-refractivity contribution in [2.24, 2.45) is 0 Å². The van der Waals surface area contributed by atoms with Crippen LogP contribution in [0.25, 0.3) is 33.2 Å². The second-order valence-corrected chi connectivity index (χ2v) is 9.63. The first kappa shape index (κ1) is 25.1. The molecule has 2 aliphatic rings. The van der Waals surface area contributed by atoms with E-state index in [1.165, 1.54) is 13.3 Å². The summed E-state index contributed by atoms with van der Waals surface area (Å²) in [5.41, 5.74) is 1.72. The van der Waals surface area contributed by atoms with Gasteiger partial charge >= 0.3 is 5.69 Å². The number of piperidine rings is 1. The lowest BCUT2D eigenvalue weighted by Gasteiger charge is -2.33. The summed E-state index contributed by atoms with van der Waals surface area (Å²) in [5, 5.41) is 0.281. The summed E-state index contributed by atoms with van der Waals surface area (Å²) in [4.78, 5) is 62.8. The summed E-state index contributed by atoms with van der Waals surface area (Å²) < 4.78 is 12.0. The second-order valence-electron chi connectivity index (χ2n) is 9.63. The van der Waals surface area contributed by atoms with Gasteiger partial charge in [0.25, 0.3) is 5.56 Å². The van der Waals surface area contributed by atoms with Crippen molar-refractivity contribution in [2.75, 3.05) is 58.0 Å². The van der Waals surface area contributed by atoms with Crippen LogP contribution < -0.4 is 16.1 Å². The van der Waals surface area contributed by atoms with Crippen LogP contribution in [0.2, 0.25) is 0 Å². The Bertz CT molecular complexity index is 1640. The van der Waals surface area contributed by atoms with Gasteiger partial charge in [-0.25, -0.2) is 19.7 Å². The number of likely N-dealkylation sites (tertiary alicyclic amines) is 1. The van der Waals surface area contributed by atoms with Crippen LogP contribution in [0.1, 0.15) is 18.9 Å². The topological polar surface area (TPSA) is 148 Å². The molecule has 0 radical (unpaired) electrons. The summed E-state index contributed by atoms with van der Waals surface area (Å²) in [6.07, 6.45) is 6.02. The maximum atomic E-state index is 13.2. The number of aromatic amines is 1. The van der Waals surface area contributed by atoms with Crippen LogP contribution in [0.4, 0.5) is 5.95 Å². The molecule has 0 saturated carbocycles. The van der Waals surface area contributed by atoms with Gasteiger partial charge in [0.05, 0.1) is 35.3 Å². The first-order valence-electron chi connectivity index (χ1n) is 12.9. The number of methoxy groups -OCH3 is 1. The number of anilines is 1. The molecule has 0 spiro atoms. The summed E-state index contributed by atoms with van der Waals surface area (Å²) >= 11 is 0. The number of amides is 1. The molecule has 0 bridgehead atoms. The molecular weight excluding hydrogens is 504 g/mol. The van der Waals surface area contributed by atoms with E-state index >= 15 is 0 Å². The van der Waals surface area contributed by atoms with E-state index in [2.05, 4.69) is 24.8 Å². The second kappa shape index (κ2) is 10.5. The van der Waals surface area contributed by atoms with Crippen molar-refractivity contribution >= 4 is 33.8 Å². The molecule has 202 valence electrons. The third kappa shape index (κ3) is 4.74. The lowest BCUT2D eigenvalue weighted by Crippen LogP contribution is -2.43. The van der Waals surface area contributed by atoms with E-state index in [4.69, 9.17) is 14.5 Å². The molecule has 0 aliphatic carbocycles. The van der Waals surface area contributed by atoms with Crippen LogP contribution in [0.15, 0.2) is 40.3 Å². The fourth-order valence-electron chi connectivity index (χ4n) is 5.27. The molecule has 2 aliphatic heterocycles. The molecule has 2 fully saturated rings. The van der Waals surface area contributed by atoms with Gasteiger partial charge in [-0.05, 0) is 25.0 Å². The third-order valence-electron chi connectivity index (χ3n) is 7.29. The number of carbonyl (C=O) groups excluding carboxylic acids is 1. The highest BCUT2D eigenvalue weighted by molar-refractivity contribution is 6.01. The molecule has 0 atom stereocenters. The minimum absolute atomic E-state index is 0.0202. The number of hydrogen-bond donors (Lipinski definition) is 1.